The van der Waals surface area contributed by atoms with E-state index >= 15 is 0 Å². The molecule has 1 aromatic heterocycles. The molecule has 1 heterocycles. The number of hydrogen-bond acceptors (Lipinski definition) is 4. The molecule has 2 N–H and O–H groups in total. The summed E-state index contributed by atoms with van der Waals surface area (Å²) in [5.41, 5.74) is 0.199. The van der Waals surface area contributed by atoms with Crippen LogP contribution in [0, 0.1) is 5.82 Å². The largest absolute Gasteiger partial charge is 0.480 e. The second-order valence-corrected chi connectivity index (χ2v) is 5.57. The predicted octanol–water partition coefficient (Wildman–Crippen LogP) is 1.32. The molecule has 0 aliphatic heterocycles. The molecule has 0 fully saturated rings. The van der Waals surface area contributed by atoms with Crippen LogP contribution in [0.2, 0.25) is 0 Å². The van der Waals surface area contributed by atoms with E-state index in [4.69, 9.17) is 9.52 Å². The zero-order valence-corrected chi connectivity index (χ0v) is 10.6. The monoisotopic (exact) mass is 287 g/mol. The number of rotatable bonds is 4. The van der Waals surface area contributed by atoms with Crippen LogP contribution in [0.4, 0.5) is 4.39 Å². The van der Waals surface area contributed by atoms with Crippen LogP contribution >= 0.6 is 0 Å². The van der Waals surface area contributed by atoms with Crippen LogP contribution in [0.25, 0.3) is 11.0 Å². The Kier molecular flexibility index (Phi) is 3.29. The summed E-state index contributed by atoms with van der Waals surface area (Å²) in [7, 11) is -4.10. The molecule has 0 bridgehead atoms. The molecular formula is C11H10FNO5S. The Morgan fingerprint density at radius 3 is 2.74 bits per heavy atom. The number of nitrogens with one attached hydrogen (secondary N) is 1. The summed E-state index contributed by atoms with van der Waals surface area (Å²) in [5.74, 6) is -1.84. The smallest absolute Gasteiger partial charge is 0.321 e. The van der Waals surface area contributed by atoms with Crippen molar-refractivity contribution < 1.29 is 27.1 Å². The minimum atomic E-state index is -4.10. The molecular weight excluding hydrogens is 277 g/mol. The average molecular weight is 287 g/mol. The number of aliphatic carboxylic acids is 1. The molecule has 0 saturated heterocycles. The number of carboxylic acid groups (broad SMARTS) is 1. The number of hydrogen-bond donors (Lipinski definition) is 2. The van der Waals surface area contributed by atoms with E-state index in [0.717, 1.165) is 18.2 Å². The highest BCUT2D eigenvalue weighted by Gasteiger charge is 2.24. The van der Waals surface area contributed by atoms with E-state index in [-0.39, 0.29) is 11.0 Å². The van der Waals surface area contributed by atoms with Gasteiger partial charge >= 0.3 is 5.97 Å². The van der Waals surface area contributed by atoms with E-state index in [0.29, 0.717) is 0 Å². The molecule has 6 nitrogen and oxygen atoms in total. The summed E-state index contributed by atoms with van der Waals surface area (Å²) in [6.45, 7) is 1.18. The van der Waals surface area contributed by atoms with Crippen molar-refractivity contribution >= 4 is 27.0 Å². The summed E-state index contributed by atoms with van der Waals surface area (Å²) >= 11 is 0. The first-order valence-corrected chi connectivity index (χ1v) is 6.72. The first kappa shape index (κ1) is 13.5. The molecule has 1 aromatic carbocycles. The van der Waals surface area contributed by atoms with Gasteiger partial charge in [-0.2, -0.15) is 4.72 Å². The first-order valence-electron chi connectivity index (χ1n) is 5.24. The SMILES string of the molecule is C[C@H](NS(=O)(=O)c1cc2cc(F)ccc2o1)C(=O)O. The van der Waals surface area contributed by atoms with Gasteiger partial charge in [0.1, 0.15) is 17.4 Å². The molecule has 0 radical (unpaired) electrons. The number of benzene rings is 1. The van der Waals surface area contributed by atoms with Gasteiger partial charge in [0.15, 0.2) is 0 Å². The van der Waals surface area contributed by atoms with E-state index in [2.05, 4.69) is 0 Å². The van der Waals surface area contributed by atoms with Crippen molar-refractivity contribution in [2.75, 3.05) is 0 Å². The van der Waals surface area contributed by atoms with Crippen molar-refractivity contribution in [3.63, 3.8) is 0 Å². The number of carboxylic acids is 1. The highest BCUT2D eigenvalue weighted by atomic mass is 32.2. The lowest BCUT2D eigenvalue weighted by Gasteiger charge is -2.07. The zero-order valence-electron chi connectivity index (χ0n) is 9.75. The molecule has 0 spiro atoms. The van der Waals surface area contributed by atoms with E-state index < -0.39 is 32.9 Å². The molecule has 1 atom stereocenters. The molecule has 0 aliphatic carbocycles. The molecule has 0 saturated carbocycles. The number of sulfonamides is 1. The van der Waals surface area contributed by atoms with Gasteiger partial charge in [0.2, 0.25) is 5.09 Å². The second kappa shape index (κ2) is 4.63. The quantitative estimate of drug-likeness (QED) is 0.884. The predicted molar refractivity (Wildman–Crippen MR) is 63.6 cm³/mol. The normalized spacial score (nSPS) is 13.6. The molecule has 2 rings (SSSR count). The van der Waals surface area contributed by atoms with Crippen LogP contribution in [0.5, 0.6) is 0 Å². The summed E-state index contributed by atoms with van der Waals surface area (Å²) in [6.07, 6.45) is 0. The average Bonchev–Trinajstić information content (AvgIpc) is 2.71. The Bertz CT molecular complexity index is 737. The van der Waals surface area contributed by atoms with Crippen molar-refractivity contribution in [2.45, 2.75) is 18.1 Å². The topological polar surface area (TPSA) is 96.6 Å². The Balaban J connectivity index is 2.40. The fourth-order valence-corrected chi connectivity index (χ4v) is 2.63. The number of fused-ring (bicyclic) bond motifs is 1. The van der Waals surface area contributed by atoms with Crippen molar-refractivity contribution in [2.24, 2.45) is 0 Å². The molecule has 0 aliphatic rings. The minimum Gasteiger partial charge on any atom is -0.480 e. The van der Waals surface area contributed by atoms with E-state index in [1.807, 2.05) is 4.72 Å². The summed E-state index contributed by atoms with van der Waals surface area (Å²) in [4.78, 5) is 10.6. The first-order chi connectivity index (χ1) is 8.79. The van der Waals surface area contributed by atoms with Crippen molar-refractivity contribution in [3.8, 4) is 0 Å². The maximum absolute atomic E-state index is 13.0. The van der Waals surface area contributed by atoms with E-state index in [9.17, 15) is 17.6 Å². The molecule has 0 unspecified atom stereocenters. The fraction of sp³-hybridized carbons (Fsp3) is 0.182. The molecule has 102 valence electrons. The maximum Gasteiger partial charge on any atom is 0.321 e. The molecule has 19 heavy (non-hydrogen) atoms. The van der Waals surface area contributed by atoms with Crippen LogP contribution < -0.4 is 4.72 Å². The van der Waals surface area contributed by atoms with Gasteiger partial charge in [0.25, 0.3) is 10.0 Å². The fourth-order valence-electron chi connectivity index (χ4n) is 1.46. The third kappa shape index (κ3) is 2.74. The second-order valence-electron chi connectivity index (χ2n) is 3.93. The van der Waals surface area contributed by atoms with Gasteiger partial charge in [0, 0.05) is 11.5 Å². The zero-order chi connectivity index (χ0) is 14.2. The van der Waals surface area contributed by atoms with Gasteiger partial charge in [-0.3, -0.25) is 4.79 Å². The van der Waals surface area contributed by atoms with Gasteiger partial charge in [-0.1, -0.05) is 0 Å². The summed E-state index contributed by atoms with van der Waals surface area (Å²) < 4.78 is 43.6. The lowest BCUT2D eigenvalue weighted by molar-refractivity contribution is -0.138. The van der Waals surface area contributed by atoms with Gasteiger partial charge < -0.3 is 9.52 Å². The van der Waals surface area contributed by atoms with Crippen LogP contribution in [0.3, 0.4) is 0 Å². The van der Waals surface area contributed by atoms with Crippen LogP contribution in [0.15, 0.2) is 33.8 Å². The Labute approximate surface area is 107 Å². The number of carbonyl (C=O) groups is 1. The van der Waals surface area contributed by atoms with Gasteiger partial charge in [-0.15, -0.1) is 0 Å². The van der Waals surface area contributed by atoms with Crippen molar-refractivity contribution in [1.29, 1.82) is 0 Å². The lowest BCUT2D eigenvalue weighted by atomic mass is 10.2. The highest BCUT2D eigenvalue weighted by molar-refractivity contribution is 7.89. The standard InChI is InChI=1S/C11H10FNO5S/c1-6(11(14)15)13-19(16,17)10-5-7-4-8(12)2-3-9(7)18-10/h2-6,13H,1H3,(H,14,15)/t6-/m0/s1. The van der Waals surface area contributed by atoms with Gasteiger partial charge in [0.05, 0.1) is 0 Å². The summed E-state index contributed by atoms with van der Waals surface area (Å²) in [5, 5.41) is 8.48. The Hall–Kier alpha value is -1.93. The van der Waals surface area contributed by atoms with Crippen molar-refractivity contribution in [1.82, 2.24) is 4.72 Å². The summed E-state index contributed by atoms with van der Waals surface area (Å²) in [6, 6.07) is 3.39. The lowest BCUT2D eigenvalue weighted by Crippen LogP contribution is -2.38. The minimum absolute atomic E-state index is 0.199. The molecule has 0 amide bonds. The highest BCUT2D eigenvalue weighted by Crippen LogP contribution is 2.23. The molecule has 2 aromatic rings. The third-order valence-corrected chi connectivity index (χ3v) is 3.82. The maximum atomic E-state index is 13.0. The number of halogens is 1. The Morgan fingerprint density at radius 1 is 1.42 bits per heavy atom. The van der Waals surface area contributed by atoms with E-state index in [1.165, 1.54) is 13.0 Å². The third-order valence-electron chi connectivity index (χ3n) is 2.42. The van der Waals surface area contributed by atoms with Crippen LogP contribution in [-0.2, 0) is 14.8 Å². The number of furan rings is 1. The molecule has 8 heteroatoms. The van der Waals surface area contributed by atoms with Crippen molar-refractivity contribution in [3.05, 3.63) is 30.1 Å². The van der Waals surface area contributed by atoms with Gasteiger partial charge in [-0.25, -0.2) is 12.8 Å². The van der Waals surface area contributed by atoms with E-state index in [1.54, 1.807) is 0 Å². The van der Waals surface area contributed by atoms with Gasteiger partial charge in [-0.05, 0) is 25.1 Å². The Morgan fingerprint density at radius 2 is 2.11 bits per heavy atom. The van der Waals surface area contributed by atoms with Crippen LogP contribution in [-0.4, -0.2) is 25.5 Å². The van der Waals surface area contributed by atoms with Crippen LogP contribution in [0.1, 0.15) is 6.92 Å².